The lowest BCUT2D eigenvalue weighted by Crippen LogP contribution is -2.12. The van der Waals surface area contributed by atoms with Crippen LogP contribution in [0.2, 0.25) is 0 Å². The second kappa shape index (κ2) is 6.83. The Balaban J connectivity index is 2.61. The smallest absolute Gasteiger partial charge is 0.165 e. The largest absolute Gasteiger partial charge is 0.504 e. The zero-order chi connectivity index (χ0) is 19.9. The maximum absolute atomic E-state index is 10.8. The summed E-state index contributed by atoms with van der Waals surface area (Å²) in [5.41, 5.74) is 5.62. The molecule has 2 rings (SSSR count). The predicted octanol–water partition coefficient (Wildman–Crippen LogP) is 6.84. The normalized spacial score (nSPS) is 13.5. The highest BCUT2D eigenvalue weighted by Crippen LogP contribution is 2.31. The van der Waals surface area contributed by atoms with Gasteiger partial charge in [-0.3, -0.25) is 0 Å². The Labute approximate surface area is 158 Å². The van der Waals surface area contributed by atoms with E-state index in [1.54, 1.807) is 0 Å². The van der Waals surface area contributed by atoms with Crippen LogP contribution >= 0.6 is 0 Å². The minimum absolute atomic E-state index is 0.0284. The monoisotopic (exact) mass is 352 g/mol. The van der Waals surface area contributed by atoms with E-state index in [2.05, 4.69) is 53.7 Å². The number of aryl methyl sites for hydroxylation is 2. The molecule has 2 aromatic carbocycles. The number of hydrogen-bond donors (Lipinski definition) is 2. The van der Waals surface area contributed by atoms with E-state index in [0.717, 1.165) is 22.3 Å². The maximum Gasteiger partial charge on any atom is 0.165 e. The average molecular weight is 353 g/mol. The Morgan fingerprint density at radius 2 is 0.885 bits per heavy atom. The molecule has 0 saturated heterocycles. The van der Waals surface area contributed by atoms with Gasteiger partial charge in [0.2, 0.25) is 0 Å². The predicted molar refractivity (Wildman–Crippen MR) is 112 cm³/mol. The van der Waals surface area contributed by atoms with Gasteiger partial charge >= 0.3 is 0 Å². The molecule has 0 bridgehead atoms. The third-order valence-corrected chi connectivity index (χ3v) is 4.66. The molecule has 0 amide bonds. The molecule has 0 radical (unpaired) electrons. The lowest BCUT2D eigenvalue weighted by atomic mass is 9.84. The van der Waals surface area contributed by atoms with Gasteiger partial charge in [-0.05, 0) is 60.1 Å². The summed E-state index contributed by atoms with van der Waals surface area (Å²) in [5.74, 6) is -0.158. The van der Waals surface area contributed by atoms with Crippen LogP contribution in [-0.2, 0) is 10.8 Å². The molecule has 0 saturated carbocycles. The van der Waals surface area contributed by atoms with Gasteiger partial charge in [-0.2, -0.15) is 0 Å². The molecule has 0 unspecified atom stereocenters. The summed E-state index contributed by atoms with van der Waals surface area (Å²) >= 11 is 0. The summed E-state index contributed by atoms with van der Waals surface area (Å²) in [6, 6.07) is 12.0. The van der Waals surface area contributed by atoms with Gasteiger partial charge in [-0.15, -0.1) is 0 Å². The molecule has 0 aromatic heterocycles. The van der Waals surface area contributed by atoms with Gasteiger partial charge in [-0.1, -0.05) is 64.8 Å². The van der Waals surface area contributed by atoms with Crippen molar-refractivity contribution in [1.29, 1.82) is 0 Å². The van der Waals surface area contributed by atoms with E-state index in [0.29, 0.717) is 11.1 Å². The van der Waals surface area contributed by atoms with Gasteiger partial charge in [0.05, 0.1) is 0 Å². The highest BCUT2D eigenvalue weighted by molar-refractivity contribution is 5.83. The number of aliphatic hydroxyl groups is 2. The van der Waals surface area contributed by atoms with E-state index in [1.807, 2.05) is 38.1 Å². The third kappa shape index (κ3) is 4.49. The van der Waals surface area contributed by atoms with Crippen LogP contribution in [0.15, 0.2) is 36.4 Å². The molecule has 2 aromatic rings. The summed E-state index contributed by atoms with van der Waals surface area (Å²) in [4.78, 5) is 0. The highest BCUT2D eigenvalue weighted by Gasteiger charge is 2.19. The molecular formula is C24H32O2. The van der Waals surface area contributed by atoms with Gasteiger partial charge in [0.15, 0.2) is 11.5 Å². The van der Waals surface area contributed by atoms with Crippen molar-refractivity contribution < 1.29 is 10.2 Å². The van der Waals surface area contributed by atoms with Crippen LogP contribution in [0.25, 0.3) is 11.5 Å². The van der Waals surface area contributed by atoms with Crippen molar-refractivity contribution in [2.45, 2.75) is 66.2 Å². The second-order valence-corrected chi connectivity index (χ2v) is 9.37. The fourth-order valence-electron chi connectivity index (χ4n) is 2.98. The van der Waals surface area contributed by atoms with Crippen molar-refractivity contribution in [3.63, 3.8) is 0 Å². The molecule has 0 fully saturated rings. The molecule has 0 heterocycles. The van der Waals surface area contributed by atoms with Crippen LogP contribution in [-0.4, -0.2) is 10.2 Å². The molecule has 2 heteroatoms. The van der Waals surface area contributed by atoms with Crippen LogP contribution in [0.1, 0.15) is 74.9 Å². The summed E-state index contributed by atoms with van der Waals surface area (Å²) in [5, 5.41) is 21.5. The van der Waals surface area contributed by atoms with Crippen molar-refractivity contribution in [2.24, 2.45) is 0 Å². The van der Waals surface area contributed by atoms with E-state index in [1.165, 1.54) is 0 Å². The molecule has 0 spiro atoms. The van der Waals surface area contributed by atoms with E-state index in [9.17, 15) is 10.2 Å². The van der Waals surface area contributed by atoms with E-state index < -0.39 is 0 Å². The van der Waals surface area contributed by atoms with E-state index in [-0.39, 0.29) is 22.3 Å². The second-order valence-electron chi connectivity index (χ2n) is 9.37. The van der Waals surface area contributed by atoms with Gasteiger partial charge in [0, 0.05) is 11.1 Å². The van der Waals surface area contributed by atoms with Gasteiger partial charge in [-0.25, -0.2) is 0 Å². The Hall–Kier alpha value is -2.22. The molecule has 0 atom stereocenters. The first kappa shape index (κ1) is 20.1. The van der Waals surface area contributed by atoms with Gasteiger partial charge < -0.3 is 10.2 Å². The summed E-state index contributed by atoms with van der Waals surface area (Å²) in [6.45, 7) is 16.9. The van der Waals surface area contributed by atoms with Crippen LogP contribution in [0.3, 0.4) is 0 Å². The van der Waals surface area contributed by atoms with Crippen LogP contribution in [0.5, 0.6) is 0 Å². The molecular weight excluding hydrogens is 320 g/mol. The number of benzene rings is 2. The summed E-state index contributed by atoms with van der Waals surface area (Å²) in [7, 11) is 0. The van der Waals surface area contributed by atoms with Crippen molar-refractivity contribution in [3.05, 3.63) is 69.8 Å². The van der Waals surface area contributed by atoms with Crippen molar-refractivity contribution in [1.82, 2.24) is 0 Å². The quantitative estimate of drug-likeness (QED) is 0.459. The van der Waals surface area contributed by atoms with Crippen LogP contribution < -0.4 is 0 Å². The Morgan fingerprint density at radius 3 is 1.15 bits per heavy atom. The Morgan fingerprint density at radius 1 is 0.577 bits per heavy atom. The van der Waals surface area contributed by atoms with E-state index in [4.69, 9.17) is 0 Å². The first-order chi connectivity index (χ1) is 11.8. The molecule has 0 aliphatic heterocycles. The number of aliphatic hydroxyl groups excluding tert-OH is 2. The van der Waals surface area contributed by atoms with Crippen molar-refractivity contribution in [3.8, 4) is 0 Å². The summed E-state index contributed by atoms with van der Waals surface area (Å²) in [6.07, 6.45) is 0. The first-order valence-electron chi connectivity index (χ1n) is 9.16. The Kier molecular flexibility index (Phi) is 5.28. The van der Waals surface area contributed by atoms with Crippen LogP contribution in [0, 0.1) is 13.8 Å². The molecule has 26 heavy (non-hydrogen) atoms. The lowest BCUT2D eigenvalue weighted by molar-refractivity contribution is 0.459. The van der Waals surface area contributed by atoms with Crippen LogP contribution in [0.4, 0.5) is 0 Å². The minimum atomic E-state index is -0.0790. The Bertz CT molecular complexity index is 772. The van der Waals surface area contributed by atoms with Crippen molar-refractivity contribution >= 4 is 11.5 Å². The average Bonchev–Trinajstić information content (AvgIpc) is 2.50. The molecule has 140 valence electrons. The topological polar surface area (TPSA) is 40.5 Å². The van der Waals surface area contributed by atoms with E-state index >= 15 is 0 Å². The molecule has 0 aliphatic carbocycles. The summed E-state index contributed by atoms with van der Waals surface area (Å²) < 4.78 is 0. The fraction of sp³-hybridized carbons (Fsp3) is 0.417. The SMILES string of the molecule is Cc1cc(C(O)=C(O)c2cc(C)cc(C(C)(C)C)c2)cc(C(C)(C)C)c1. The fourth-order valence-corrected chi connectivity index (χ4v) is 2.98. The number of hydrogen-bond acceptors (Lipinski definition) is 2. The maximum atomic E-state index is 10.8. The van der Waals surface area contributed by atoms with Crippen molar-refractivity contribution in [2.75, 3.05) is 0 Å². The molecule has 2 N–H and O–H groups in total. The molecule has 2 nitrogen and oxygen atoms in total. The lowest BCUT2D eigenvalue weighted by Gasteiger charge is -2.22. The first-order valence-corrected chi connectivity index (χ1v) is 9.16. The zero-order valence-corrected chi connectivity index (χ0v) is 17.4. The minimum Gasteiger partial charge on any atom is -0.504 e. The third-order valence-electron chi connectivity index (χ3n) is 4.66. The number of rotatable bonds is 2. The highest BCUT2D eigenvalue weighted by atomic mass is 16.3. The zero-order valence-electron chi connectivity index (χ0n) is 17.4. The standard InChI is InChI=1S/C24H32O2/c1-15-9-17(13-19(11-15)23(3,4)5)21(25)22(26)18-10-16(2)12-20(14-18)24(6,7)8/h9-14,25-26H,1-8H3. The van der Waals surface area contributed by atoms with Gasteiger partial charge in [0.1, 0.15) is 0 Å². The molecule has 0 aliphatic rings. The van der Waals surface area contributed by atoms with Gasteiger partial charge in [0.25, 0.3) is 0 Å².